The van der Waals surface area contributed by atoms with Gasteiger partial charge in [0.05, 0.1) is 0 Å². The first-order chi connectivity index (χ1) is 13.1. The minimum Gasteiger partial charge on any atom is -0.353 e. The molecule has 0 aromatic carbocycles. The Morgan fingerprint density at radius 2 is 1.52 bits per heavy atom. The molecule has 2 fully saturated rings. The maximum absolute atomic E-state index is 13.2. The van der Waals surface area contributed by atoms with E-state index in [1.54, 1.807) is 0 Å². The van der Waals surface area contributed by atoms with Crippen molar-refractivity contribution in [3.05, 3.63) is 29.1 Å². The van der Waals surface area contributed by atoms with Crippen LogP contribution >= 0.6 is 0 Å². The van der Waals surface area contributed by atoms with E-state index < -0.39 is 0 Å². The Balaban J connectivity index is 1.70. The van der Waals surface area contributed by atoms with Gasteiger partial charge in [-0.3, -0.25) is 4.79 Å². The summed E-state index contributed by atoms with van der Waals surface area (Å²) in [4.78, 5) is 18.0. The SMILES string of the molecule is BC1(NC(=O)c2nc(C3CCCC3)ccc2C)CCCCCCCCCC1. The molecule has 148 valence electrons. The molecule has 1 amide bonds. The monoisotopic (exact) mass is 368 g/mol. The molecular formula is C23H37BN2O. The third-order valence-electron chi connectivity index (χ3n) is 6.73. The predicted molar refractivity (Wildman–Crippen MR) is 115 cm³/mol. The fourth-order valence-corrected chi connectivity index (χ4v) is 4.90. The van der Waals surface area contributed by atoms with Gasteiger partial charge >= 0.3 is 0 Å². The highest BCUT2D eigenvalue weighted by atomic mass is 16.2. The van der Waals surface area contributed by atoms with Gasteiger partial charge in [-0.05, 0) is 44.2 Å². The van der Waals surface area contributed by atoms with Gasteiger partial charge in [0.15, 0.2) is 0 Å². The maximum atomic E-state index is 13.2. The lowest BCUT2D eigenvalue weighted by Crippen LogP contribution is -2.49. The third kappa shape index (κ3) is 5.83. The van der Waals surface area contributed by atoms with Crippen molar-refractivity contribution in [3.63, 3.8) is 0 Å². The van der Waals surface area contributed by atoms with E-state index >= 15 is 0 Å². The van der Waals surface area contributed by atoms with E-state index in [-0.39, 0.29) is 11.3 Å². The number of carbonyl (C=O) groups is 1. The summed E-state index contributed by atoms with van der Waals surface area (Å²) in [5.74, 6) is 0.579. The summed E-state index contributed by atoms with van der Waals surface area (Å²) in [5, 5.41) is 3.41. The minimum absolute atomic E-state index is 0.0321. The first kappa shape index (κ1) is 20.4. The number of hydrogen-bond acceptors (Lipinski definition) is 2. The van der Waals surface area contributed by atoms with Gasteiger partial charge in [0, 0.05) is 17.1 Å². The van der Waals surface area contributed by atoms with Crippen LogP contribution < -0.4 is 5.32 Å². The number of hydrogen-bond donors (Lipinski definition) is 1. The number of pyridine rings is 1. The zero-order valence-electron chi connectivity index (χ0n) is 17.5. The van der Waals surface area contributed by atoms with Crippen molar-refractivity contribution in [1.82, 2.24) is 10.3 Å². The molecule has 0 bridgehead atoms. The number of nitrogens with zero attached hydrogens (tertiary/aromatic N) is 1. The Kier molecular flexibility index (Phi) is 7.37. The van der Waals surface area contributed by atoms with Crippen LogP contribution in [-0.4, -0.2) is 24.2 Å². The van der Waals surface area contributed by atoms with Gasteiger partial charge < -0.3 is 5.32 Å². The molecule has 0 radical (unpaired) electrons. The molecule has 0 atom stereocenters. The second kappa shape index (κ2) is 9.75. The fraction of sp³-hybridized carbons (Fsp3) is 0.739. The summed E-state index contributed by atoms with van der Waals surface area (Å²) in [7, 11) is 2.25. The van der Waals surface area contributed by atoms with Crippen LogP contribution in [0.2, 0.25) is 0 Å². The van der Waals surface area contributed by atoms with E-state index in [9.17, 15) is 4.79 Å². The quantitative estimate of drug-likeness (QED) is 0.761. The average Bonchev–Trinajstić information content (AvgIpc) is 3.16. The highest BCUT2D eigenvalue weighted by Crippen LogP contribution is 2.33. The van der Waals surface area contributed by atoms with Crippen LogP contribution in [0.25, 0.3) is 0 Å². The number of nitrogens with one attached hydrogen (secondary N) is 1. The maximum Gasteiger partial charge on any atom is 0.269 e. The topological polar surface area (TPSA) is 42.0 Å². The summed E-state index contributed by atoms with van der Waals surface area (Å²) < 4.78 is 0. The summed E-state index contributed by atoms with van der Waals surface area (Å²) in [5.41, 5.74) is 2.67. The molecule has 3 rings (SSSR count). The lowest BCUT2D eigenvalue weighted by Gasteiger charge is -2.31. The van der Waals surface area contributed by atoms with Crippen LogP contribution in [0.5, 0.6) is 0 Å². The van der Waals surface area contributed by atoms with Gasteiger partial charge in [-0.1, -0.05) is 70.3 Å². The molecule has 4 heteroatoms. The zero-order chi connectivity index (χ0) is 19.1. The number of rotatable bonds is 3. The number of amides is 1. The molecule has 0 saturated heterocycles. The smallest absolute Gasteiger partial charge is 0.269 e. The summed E-state index contributed by atoms with van der Waals surface area (Å²) in [6.45, 7) is 2.01. The van der Waals surface area contributed by atoms with Crippen molar-refractivity contribution < 1.29 is 4.79 Å². The Hall–Kier alpha value is -1.32. The molecule has 1 aromatic rings. The Bertz CT molecular complexity index is 613. The van der Waals surface area contributed by atoms with E-state index in [0.717, 1.165) is 24.1 Å². The zero-order valence-corrected chi connectivity index (χ0v) is 17.5. The molecule has 2 aliphatic carbocycles. The first-order valence-corrected chi connectivity index (χ1v) is 11.4. The molecule has 0 spiro atoms. The fourth-order valence-electron chi connectivity index (χ4n) is 4.90. The molecule has 0 aliphatic heterocycles. The van der Waals surface area contributed by atoms with Crippen molar-refractivity contribution in [2.45, 2.75) is 108 Å². The van der Waals surface area contributed by atoms with Crippen molar-refractivity contribution in [2.75, 3.05) is 0 Å². The molecule has 0 unspecified atom stereocenters. The first-order valence-electron chi connectivity index (χ1n) is 11.4. The molecular weight excluding hydrogens is 331 g/mol. The van der Waals surface area contributed by atoms with E-state index in [4.69, 9.17) is 4.98 Å². The van der Waals surface area contributed by atoms with Gasteiger partial charge in [0.25, 0.3) is 5.91 Å². The molecule has 27 heavy (non-hydrogen) atoms. The van der Waals surface area contributed by atoms with Crippen molar-refractivity contribution in [1.29, 1.82) is 0 Å². The van der Waals surface area contributed by atoms with E-state index in [2.05, 4.69) is 25.3 Å². The Labute approximate surface area is 166 Å². The van der Waals surface area contributed by atoms with Crippen LogP contribution in [0.1, 0.15) is 118 Å². The highest BCUT2D eigenvalue weighted by molar-refractivity contribution is 6.17. The minimum atomic E-state index is -0.0983. The van der Waals surface area contributed by atoms with Crippen molar-refractivity contribution in [2.24, 2.45) is 0 Å². The van der Waals surface area contributed by atoms with Crippen molar-refractivity contribution >= 4 is 13.8 Å². The Morgan fingerprint density at radius 1 is 0.963 bits per heavy atom. The van der Waals surface area contributed by atoms with E-state index in [0.29, 0.717) is 11.6 Å². The van der Waals surface area contributed by atoms with Crippen LogP contribution in [0.3, 0.4) is 0 Å². The Morgan fingerprint density at radius 3 is 2.11 bits per heavy atom. The normalized spacial score (nSPS) is 22.1. The van der Waals surface area contributed by atoms with Crippen LogP contribution in [0.4, 0.5) is 0 Å². The van der Waals surface area contributed by atoms with Crippen molar-refractivity contribution in [3.8, 4) is 0 Å². The second-order valence-electron chi connectivity index (χ2n) is 9.23. The number of carbonyl (C=O) groups excluding carboxylic acids is 1. The highest BCUT2D eigenvalue weighted by Gasteiger charge is 2.28. The van der Waals surface area contributed by atoms with Gasteiger partial charge in [0.1, 0.15) is 13.5 Å². The molecule has 1 heterocycles. The molecule has 3 nitrogen and oxygen atoms in total. The molecule has 2 aliphatic rings. The standard InChI is InChI=1S/C23H37BN2O/c1-18-14-15-20(19-12-8-9-13-19)25-21(18)22(27)26-23(24)16-10-6-4-2-3-5-7-11-17-23/h14-15,19H,2-13,16-17,24H2,1H3,(H,26,27). The molecule has 1 N–H and O–H groups in total. The van der Waals surface area contributed by atoms with Gasteiger partial charge in [0.2, 0.25) is 0 Å². The van der Waals surface area contributed by atoms with Crippen LogP contribution in [0, 0.1) is 6.92 Å². The molecule has 1 aromatic heterocycles. The van der Waals surface area contributed by atoms with Gasteiger partial charge in [-0.2, -0.15) is 0 Å². The van der Waals surface area contributed by atoms with E-state index in [1.807, 2.05) is 6.92 Å². The number of aryl methyl sites for hydroxylation is 1. The largest absolute Gasteiger partial charge is 0.353 e. The second-order valence-corrected chi connectivity index (χ2v) is 9.23. The third-order valence-corrected chi connectivity index (χ3v) is 6.73. The summed E-state index contributed by atoms with van der Waals surface area (Å²) >= 11 is 0. The van der Waals surface area contributed by atoms with Gasteiger partial charge in [-0.25, -0.2) is 4.98 Å². The number of aromatic nitrogens is 1. The summed E-state index contributed by atoms with van der Waals surface area (Å²) in [6, 6.07) is 4.23. The lowest BCUT2D eigenvalue weighted by molar-refractivity contribution is 0.0913. The summed E-state index contributed by atoms with van der Waals surface area (Å²) in [6.07, 6.45) is 17.6. The molecule has 2 saturated carbocycles. The predicted octanol–water partition coefficient (Wildman–Crippen LogP) is 5.02. The average molecular weight is 368 g/mol. The van der Waals surface area contributed by atoms with Gasteiger partial charge in [-0.15, -0.1) is 0 Å². The van der Waals surface area contributed by atoms with Crippen LogP contribution in [-0.2, 0) is 0 Å². The lowest BCUT2D eigenvalue weighted by atomic mass is 9.70. The van der Waals surface area contributed by atoms with E-state index in [1.165, 1.54) is 77.0 Å². The van der Waals surface area contributed by atoms with Crippen LogP contribution in [0.15, 0.2) is 12.1 Å².